The highest BCUT2D eigenvalue weighted by Crippen LogP contribution is 2.27. The summed E-state index contributed by atoms with van der Waals surface area (Å²) in [7, 11) is 0. The SMILES string of the molecule is CCOC(=O)c1c(C)[nH]c(C(=O)/C(C#N)=C/c2ccc(-c3ccc([N+](=O)[O-])cc3)o2)c1C. The molecular formula is C23H19N3O6. The van der Waals surface area contributed by atoms with Gasteiger partial charge in [-0.2, -0.15) is 5.26 Å². The number of aryl methyl sites for hydroxylation is 1. The van der Waals surface area contributed by atoms with Gasteiger partial charge in [-0.1, -0.05) is 0 Å². The van der Waals surface area contributed by atoms with Crippen molar-refractivity contribution in [3.05, 3.63) is 80.4 Å². The number of aromatic nitrogens is 1. The van der Waals surface area contributed by atoms with Gasteiger partial charge in [0.25, 0.3) is 5.69 Å². The molecule has 3 aromatic rings. The Bertz CT molecular complexity index is 1270. The summed E-state index contributed by atoms with van der Waals surface area (Å²) in [5.74, 6) is -0.446. The van der Waals surface area contributed by atoms with Gasteiger partial charge in [-0.05, 0) is 50.6 Å². The van der Waals surface area contributed by atoms with E-state index in [1.807, 2.05) is 6.07 Å². The van der Waals surface area contributed by atoms with Gasteiger partial charge in [0.2, 0.25) is 5.78 Å². The monoisotopic (exact) mass is 433 g/mol. The molecule has 1 N–H and O–H groups in total. The summed E-state index contributed by atoms with van der Waals surface area (Å²) in [6.07, 6.45) is 1.30. The minimum atomic E-state index is -0.586. The molecule has 1 aromatic carbocycles. The van der Waals surface area contributed by atoms with Crippen LogP contribution in [-0.4, -0.2) is 28.3 Å². The number of ketones is 1. The molecule has 3 rings (SSSR count). The number of hydrogen-bond donors (Lipinski definition) is 1. The smallest absolute Gasteiger partial charge is 0.340 e. The molecule has 0 amide bonds. The van der Waals surface area contributed by atoms with E-state index in [0.29, 0.717) is 22.6 Å². The number of allylic oxidation sites excluding steroid dienone is 1. The third-order valence-electron chi connectivity index (χ3n) is 4.79. The van der Waals surface area contributed by atoms with E-state index in [1.54, 1.807) is 45.0 Å². The number of carbonyl (C=O) groups excluding carboxylic acids is 2. The maximum atomic E-state index is 12.9. The lowest BCUT2D eigenvalue weighted by Crippen LogP contribution is -2.08. The average Bonchev–Trinajstić information content (AvgIpc) is 3.35. The predicted molar refractivity (Wildman–Crippen MR) is 115 cm³/mol. The molecule has 2 aromatic heterocycles. The third-order valence-corrected chi connectivity index (χ3v) is 4.79. The van der Waals surface area contributed by atoms with Gasteiger partial charge in [-0.15, -0.1) is 0 Å². The number of non-ortho nitro benzene ring substituents is 1. The van der Waals surface area contributed by atoms with Crippen molar-refractivity contribution < 1.29 is 23.7 Å². The summed E-state index contributed by atoms with van der Waals surface area (Å²) in [5.41, 5.74) is 1.64. The van der Waals surface area contributed by atoms with Crippen LogP contribution >= 0.6 is 0 Å². The van der Waals surface area contributed by atoms with Crippen LogP contribution < -0.4 is 0 Å². The minimum absolute atomic E-state index is 0.0448. The number of Topliss-reactive ketones (excluding diaryl/α,β-unsaturated/α-hetero) is 1. The number of carbonyl (C=O) groups is 2. The van der Waals surface area contributed by atoms with Crippen LogP contribution in [0, 0.1) is 35.3 Å². The molecule has 32 heavy (non-hydrogen) atoms. The first kappa shape index (κ1) is 22.2. The van der Waals surface area contributed by atoms with E-state index in [-0.39, 0.29) is 34.9 Å². The molecule has 0 aliphatic carbocycles. The van der Waals surface area contributed by atoms with Crippen molar-refractivity contribution in [2.24, 2.45) is 0 Å². The van der Waals surface area contributed by atoms with Crippen molar-refractivity contribution in [2.45, 2.75) is 20.8 Å². The van der Waals surface area contributed by atoms with Crippen molar-refractivity contribution >= 4 is 23.5 Å². The number of ether oxygens (including phenoxy) is 1. The summed E-state index contributed by atoms with van der Waals surface area (Å²) >= 11 is 0. The fourth-order valence-corrected chi connectivity index (χ4v) is 3.25. The fraction of sp³-hybridized carbons (Fsp3) is 0.174. The Morgan fingerprint density at radius 2 is 1.91 bits per heavy atom. The number of esters is 1. The van der Waals surface area contributed by atoms with E-state index in [0.717, 1.165) is 0 Å². The Hall–Kier alpha value is -4.45. The lowest BCUT2D eigenvalue weighted by Gasteiger charge is -2.02. The number of nitro groups is 1. The van der Waals surface area contributed by atoms with Gasteiger partial charge in [-0.3, -0.25) is 14.9 Å². The van der Waals surface area contributed by atoms with E-state index in [2.05, 4.69) is 4.98 Å². The fourth-order valence-electron chi connectivity index (χ4n) is 3.25. The summed E-state index contributed by atoms with van der Waals surface area (Å²) < 4.78 is 10.7. The summed E-state index contributed by atoms with van der Waals surface area (Å²) in [6.45, 7) is 5.14. The molecule has 0 radical (unpaired) electrons. The van der Waals surface area contributed by atoms with Crippen LogP contribution in [0.2, 0.25) is 0 Å². The van der Waals surface area contributed by atoms with E-state index >= 15 is 0 Å². The first-order chi connectivity index (χ1) is 15.3. The van der Waals surface area contributed by atoms with Crippen molar-refractivity contribution in [1.29, 1.82) is 5.26 Å². The Morgan fingerprint density at radius 1 is 1.22 bits per heavy atom. The van der Waals surface area contributed by atoms with E-state index in [9.17, 15) is 25.0 Å². The number of nitriles is 1. The quantitative estimate of drug-likeness (QED) is 0.141. The molecule has 0 aliphatic heterocycles. The van der Waals surface area contributed by atoms with E-state index in [4.69, 9.17) is 9.15 Å². The van der Waals surface area contributed by atoms with Crippen molar-refractivity contribution in [2.75, 3.05) is 6.61 Å². The van der Waals surface area contributed by atoms with E-state index in [1.165, 1.54) is 18.2 Å². The third kappa shape index (κ3) is 4.34. The molecule has 0 spiro atoms. The second-order valence-electron chi connectivity index (χ2n) is 6.85. The normalized spacial score (nSPS) is 11.1. The zero-order chi connectivity index (χ0) is 23.4. The number of nitro benzene ring substituents is 1. The minimum Gasteiger partial charge on any atom is -0.462 e. The number of H-pyrrole nitrogens is 1. The van der Waals surface area contributed by atoms with Gasteiger partial charge in [0.15, 0.2) is 0 Å². The zero-order valence-corrected chi connectivity index (χ0v) is 17.6. The number of aromatic amines is 1. The van der Waals surface area contributed by atoms with Crippen molar-refractivity contribution in [3.8, 4) is 17.4 Å². The molecule has 0 unspecified atom stereocenters. The van der Waals surface area contributed by atoms with Crippen molar-refractivity contribution in [3.63, 3.8) is 0 Å². The molecule has 0 aliphatic rings. The summed E-state index contributed by atoms with van der Waals surface area (Å²) in [5, 5.41) is 20.3. The molecule has 0 saturated carbocycles. The lowest BCUT2D eigenvalue weighted by atomic mass is 10.0. The number of furan rings is 1. The standard InChI is InChI=1S/C23H19N3O6/c1-4-31-23(28)20-13(2)21(25-14(20)3)22(27)16(12-24)11-18-9-10-19(32-18)15-5-7-17(8-6-15)26(29)30/h5-11,25H,4H2,1-3H3/b16-11+. The maximum absolute atomic E-state index is 12.9. The highest BCUT2D eigenvalue weighted by Gasteiger charge is 2.25. The highest BCUT2D eigenvalue weighted by atomic mass is 16.6. The Labute approximate surface area is 183 Å². The number of nitrogens with zero attached hydrogens (tertiary/aromatic N) is 2. The molecule has 0 bridgehead atoms. The zero-order valence-electron chi connectivity index (χ0n) is 17.6. The first-order valence-electron chi connectivity index (χ1n) is 9.64. The van der Waals surface area contributed by atoms with Crippen LogP contribution in [0.1, 0.15) is 44.8 Å². The maximum Gasteiger partial charge on any atom is 0.340 e. The average molecular weight is 433 g/mol. The van der Waals surface area contributed by atoms with Crippen LogP contribution in [0.15, 0.2) is 46.4 Å². The molecule has 9 nitrogen and oxygen atoms in total. The number of nitrogens with one attached hydrogen (secondary N) is 1. The van der Waals surface area contributed by atoms with Crippen molar-refractivity contribution in [1.82, 2.24) is 4.98 Å². The Morgan fingerprint density at radius 3 is 2.50 bits per heavy atom. The Balaban J connectivity index is 1.90. The number of benzene rings is 1. The number of hydrogen-bond acceptors (Lipinski definition) is 7. The molecule has 0 fully saturated rings. The molecule has 0 saturated heterocycles. The van der Waals surface area contributed by atoms with Crippen LogP contribution in [-0.2, 0) is 4.74 Å². The molecular weight excluding hydrogens is 414 g/mol. The van der Waals surface area contributed by atoms with Gasteiger partial charge in [0, 0.05) is 29.5 Å². The summed E-state index contributed by atoms with van der Waals surface area (Å²) in [4.78, 5) is 38.3. The van der Waals surface area contributed by atoms with Gasteiger partial charge < -0.3 is 14.1 Å². The van der Waals surface area contributed by atoms with Gasteiger partial charge in [-0.25, -0.2) is 4.79 Å². The second kappa shape index (κ2) is 9.14. The van der Waals surface area contributed by atoms with Crippen LogP contribution in [0.3, 0.4) is 0 Å². The molecule has 162 valence electrons. The first-order valence-corrected chi connectivity index (χ1v) is 9.64. The lowest BCUT2D eigenvalue weighted by molar-refractivity contribution is -0.384. The summed E-state index contributed by atoms with van der Waals surface area (Å²) in [6, 6.07) is 10.9. The second-order valence-corrected chi connectivity index (χ2v) is 6.85. The highest BCUT2D eigenvalue weighted by molar-refractivity contribution is 6.15. The van der Waals surface area contributed by atoms with E-state index < -0.39 is 16.7 Å². The van der Waals surface area contributed by atoms with Gasteiger partial charge >= 0.3 is 5.97 Å². The van der Waals surface area contributed by atoms with Crippen LogP contribution in [0.5, 0.6) is 0 Å². The molecule has 0 atom stereocenters. The van der Waals surface area contributed by atoms with Crippen LogP contribution in [0.25, 0.3) is 17.4 Å². The Kier molecular flexibility index (Phi) is 6.35. The largest absolute Gasteiger partial charge is 0.462 e. The molecule has 2 heterocycles. The van der Waals surface area contributed by atoms with Gasteiger partial charge in [0.1, 0.15) is 23.2 Å². The van der Waals surface area contributed by atoms with Crippen LogP contribution in [0.4, 0.5) is 5.69 Å². The predicted octanol–water partition coefficient (Wildman–Crippen LogP) is 4.77. The number of rotatable bonds is 7. The topological polar surface area (TPSA) is 139 Å². The van der Waals surface area contributed by atoms with Gasteiger partial charge in [0.05, 0.1) is 22.8 Å². The molecule has 9 heteroatoms.